The van der Waals surface area contributed by atoms with E-state index in [1.54, 1.807) is 6.92 Å². The van der Waals surface area contributed by atoms with Crippen molar-refractivity contribution in [1.82, 2.24) is 5.32 Å². The van der Waals surface area contributed by atoms with Crippen LogP contribution in [-0.4, -0.2) is 11.9 Å². The van der Waals surface area contributed by atoms with Crippen LogP contribution in [0.5, 0.6) is 0 Å². The second kappa shape index (κ2) is 7.25. The fourth-order valence-electron chi connectivity index (χ4n) is 0.739. The summed E-state index contributed by atoms with van der Waals surface area (Å²) in [5.74, 6) is 10.8. The summed E-state index contributed by atoms with van der Waals surface area (Å²) in [6, 6.07) is 0.205. The van der Waals surface area contributed by atoms with Crippen molar-refractivity contribution in [2.75, 3.05) is 0 Å². The van der Waals surface area contributed by atoms with Gasteiger partial charge < -0.3 is 5.32 Å². The predicted molar refractivity (Wildman–Crippen MR) is 53.7 cm³/mol. The molecule has 0 aromatic carbocycles. The van der Waals surface area contributed by atoms with Gasteiger partial charge in [0.2, 0.25) is 5.91 Å². The molecule has 0 aromatic heterocycles. The van der Waals surface area contributed by atoms with E-state index in [0.717, 1.165) is 0 Å². The summed E-state index contributed by atoms with van der Waals surface area (Å²) >= 11 is 0. The Balaban J connectivity index is 3.59. The second-order valence-electron chi connectivity index (χ2n) is 2.90. The highest BCUT2D eigenvalue weighted by atomic mass is 16.1. The molecular formula is C11H15NO. The first-order chi connectivity index (χ1) is 6.16. The number of rotatable bonds is 3. The van der Waals surface area contributed by atoms with Gasteiger partial charge in [-0.15, -0.1) is 0 Å². The largest absolute Gasteiger partial charge is 0.354 e. The summed E-state index contributed by atoms with van der Waals surface area (Å²) in [4.78, 5) is 11.1. The van der Waals surface area contributed by atoms with Gasteiger partial charge in [0.1, 0.15) is 0 Å². The molecule has 0 saturated heterocycles. The molecule has 0 unspecified atom stereocenters. The van der Waals surface area contributed by atoms with Crippen LogP contribution >= 0.6 is 0 Å². The van der Waals surface area contributed by atoms with Crippen molar-refractivity contribution in [3.05, 3.63) is 0 Å². The Morgan fingerprint density at radius 3 is 2.62 bits per heavy atom. The minimum Gasteiger partial charge on any atom is -0.354 e. The molecule has 0 aromatic rings. The molecule has 0 aliphatic carbocycles. The molecule has 2 heteroatoms. The maximum absolute atomic E-state index is 11.1. The summed E-state index contributed by atoms with van der Waals surface area (Å²) in [6.07, 6.45) is 1.03. The monoisotopic (exact) mass is 177 g/mol. The predicted octanol–water partition coefficient (Wildman–Crippen LogP) is 1.32. The van der Waals surface area contributed by atoms with Crippen LogP contribution in [0.3, 0.4) is 0 Å². The van der Waals surface area contributed by atoms with Gasteiger partial charge in [0.15, 0.2) is 0 Å². The number of carbonyl (C=O) groups excluding carboxylic acids is 1. The van der Waals surface area contributed by atoms with Crippen LogP contribution in [0, 0.1) is 23.7 Å². The molecule has 1 N–H and O–H groups in total. The molecule has 13 heavy (non-hydrogen) atoms. The highest BCUT2D eigenvalue weighted by Crippen LogP contribution is 1.88. The average Bonchev–Trinajstić information content (AvgIpc) is 2.02. The number of hydrogen-bond acceptors (Lipinski definition) is 1. The molecule has 0 bridgehead atoms. The molecule has 0 radical (unpaired) electrons. The first-order valence-electron chi connectivity index (χ1n) is 4.35. The van der Waals surface area contributed by atoms with E-state index >= 15 is 0 Å². The van der Waals surface area contributed by atoms with Gasteiger partial charge in [0.25, 0.3) is 0 Å². The third kappa shape index (κ3) is 8.50. The number of amides is 1. The van der Waals surface area contributed by atoms with Crippen molar-refractivity contribution >= 4 is 5.91 Å². The summed E-state index contributed by atoms with van der Waals surface area (Å²) in [5.41, 5.74) is 0. The van der Waals surface area contributed by atoms with E-state index < -0.39 is 0 Å². The highest BCUT2D eigenvalue weighted by molar-refractivity contribution is 5.76. The zero-order valence-electron chi connectivity index (χ0n) is 8.40. The van der Waals surface area contributed by atoms with Crippen molar-refractivity contribution in [1.29, 1.82) is 0 Å². The molecule has 2 nitrogen and oxygen atoms in total. The minimum absolute atomic E-state index is 0.0498. The molecule has 0 rings (SSSR count). The number of carbonyl (C=O) groups is 1. The van der Waals surface area contributed by atoms with Crippen molar-refractivity contribution in [2.45, 2.75) is 39.7 Å². The second-order valence-corrected chi connectivity index (χ2v) is 2.90. The van der Waals surface area contributed by atoms with Crippen LogP contribution < -0.4 is 5.32 Å². The number of nitrogens with one attached hydrogen (secondary N) is 1. The Bertz CT molecular complexity index is 270. The van der Waals surface area contributed by atoms with Crippen molar-refractivity contribution in [2.24, 2.45) is 0 Å². The summed E-state index contributed by atoms with van der Waals surface area (Å²) in [7, 11) is 0. The fourth-order valence-corrected chi connectivity index (χ4v) is 0.739. The zero-order valence-corrected chi connectivity index (χ0v) is 8.40. The van der Waals surface area contributed by atoms with E-state index in [-0.39, 0.29) is 11.9 Å². The highest BCUT2D eigenvalue weighted by Gasteiger charge is 2.00. The Kier molecular flexibility index (Phi) is 6.46. The first kappa shape index (κ1) is 11.6. The van der Waals surface area contributed by atoms with E-state index in [1.807, 2.05) is 13.8 Å². The van der Waals surface area contributed by atoms with Crippen LogP contribution in [0.4, 0.5) is 0 Å². The lowest BCUT2D eigenvalue weighted by Gasteiger charge is -2.05. The topological polar surface area (TPSA) is 29.1 Å². The lowest BCUT2D eigenvalue weighted by Crippen LogP contribution is -2.29. The molecule has 0 spiro atoms. The quantitative estimate of drug-likeness (QED) is 0.647. The van der Waals surface area contributed by atoms with E-state index in [1.165, 1.54) is 0 Å². The molecule has 70 valence electrons. The van der Waals surface area contributed by atoms with Gasteiger partial charge in [-0.2, -0.15) is 0 Å². The summed E-state index contributed by atoms with van der Waals surface area (Å²) in [6.45, 7) is 5.61. The third-order valence-corrected chi connectivity index (χ3v) is 1.20. The van der Waals surface area contributed by atoms with Gasteiger partial charge in [-0.25, -0.2) is 0 Å². The zero-order chi connectivity index (χ0) is 10.1. The maximum Gasteiger partial charge on any atom is 0.221 e. The standard InChI is InChI=1S/C11H15NO/c1-4-5-6-7-8-9-11(13)12-10(2)3/h10H,8-9H2,1-3H3,(H,12,13). The number of hydrogen-bond donors (Lipinski definition) is 1. The summed E-state index contributed by atoms with van der Waals surface area (Å²) < 4.78 is 0. The van der Waals surface area contributed by atoms with Crippen LogP contribution in [0.25, 0.3) is 0 Å². The van der Waals surface area contributed by atoms with Crippen molar-refractivity contribution in [3.63, 3.8) is 0 Å². The van der Waals surface area contributed by atoms with E-state index in [4.69, 9.17) is 0 Å². The van der Waals surface area contributed by atoms with E-state index in [2.05, 4.69) is 29.0 Å². The van der Waals surface area contributed by atoms with Gasteiger partial charge >= 0.3 is 0 Å². The van der Waals surface area contributed by atoms with Crippen LogP contribution in [0.15, 0.2) is 0 Å². The normalized spacial score (nSPS) is 8.00. The van der Waals surface area contributed by atoms with Crippen LogP contribution in [0.2, 0.25) is 0 Å². The van der Waals surface area contributed by atoms with Gasteiger partial charge in [-0.05, 0) is 32.6 Å². The van der Waals surface area contributed by atoms with Gasteiger partial charge in [0.05, 0.1) is 0 Å². The molecule has 0 aliphatic rings. The Morgan fingerprint density at radius 2 is 2.08 bits per heavy atom. The first-order valence-corrected chi connectivity index (χ1v) is 4.35. The molecular weight excluding hydrogens is 162 g/mol. The Morgan fingerprint density at radius 1 is 1.38 bits per heavy atom. The Labute approximate surface area is 80.1 Å². The SMILES string of the molecule is CC#CC#CCCC(=O)NC(C)C. The fraction of sp³-hybridized carbons (Fsp3) is 0.545. The van der Waals surface area contributed by atoms with Gasteiger partial charge in [-0.1, -0.05) is 11.8 Å². The maximum atomic E-state index is 11.1. The van der Waals surface area contributed by atoms with E-state index in [0.29, 0.717) is 12.8 Å². The lowest BCUT2D eigenvalue weighted by molar-refractivity contribution is -0.121. The molecule has 0 heterocycles. The molecule has 0 atom stereocenters. The third-order valence-electron chi connectivity index (χ3n) is 1.20. The minimum atomic E-state index is 0.0498. The average molecular weight is 177 g/mol. The molecule has 0 fully saturated rings. The van der Waals surface area contributed by atoms with Crippen LogP contribution in [0.1, 0.15) is 33.6 Å². The summed E-state index contributed by atoms with van der Waals surface area (Å²) in [5, 5.41) is 2.79. The van der Waals surface area contributed by atoms with Crippen LogP contribution in [-0.2, 0) is 4.79 Å². The lowest BCUT2D eigenvalue weighted by atomic mass is 10.3. The van der Waals surface area contributed by atoms with Gasteiger partial charge in [-0.3, -0.25) is 4.79 Å². The molecule has 1 amide bonds. The van der Waals surface area contributed by atoms with E-state index in [9.17, 15) is 4.79 Å². The molecule has 0 saturated carbocycles. The Hall–Kier alpha value is -1.41. The van der Waals surface area contributed by atoms with Gasteiger partial charge in [0, 0.05) is 18.9 Å². The van der Waals surface area contributed by atoms with Crippen molar-refractivity contribution in [3.8, 4) is 23.7 Å². The van der Waals surface area contributed by atoms with Crippen molar-refractivity contribution < 1.29 is 4.79 Å². The molecule has 0 aliphatic heterocycles. The smallest absolute Gasteiger partial charge is 0.221 e.